The zero-order valence-electron chi connectivity index (χ0n) is 15.0. The molecule has 0 heterocycles. The third kappa shape index (κ3) is 6.49. The van der Waals surface area contributed by atoms with Gasteiger partial charge in [0, 0.05) is 6.04 Å². The summed E-state index contributed by atoms with van der Waals surface area (Å²) in [5, 5.41) is 2.37. The van der Waals surface area contributed by atoms with E-state index in [-0.39, 0.29) is 0 Å². The molecule has 0 saturated carbocycles. The van der Waals surface area contributed by atoms with Crippen molar-refractivity contribution in [1.82, 2.24) is 5.32 Å². The van der Waals surface area contributed by atoms with Crippen LogP contribution < -0.4 is 5.32 Å². The highest BCUT2D eigenvalue weighted by Gasteiger charge is 2.51. The van der Waals surface area contributed by atoms with Crippen LogP contribution in [-0.4, -0.2) is 29.6 Å². The van der Waals surface area contributed by atoms with Crippen molar-refractivity contribution in [2.45, 2.75) is 58.5 Å². The van der Waals surface area contributed by atoms with Gasteiger partial charge in [-0.2, -0.15) is 13.2 Å². The maximum Gasteiger partial charge on any atom is 0.405 e. The largest absolute Gasteiger partial charge is 0.459 e. The van der Waals surface area contributed by atoms with Gasteiger partial charge in [0.05, 0.1) is 0 Å². The average Bonchev–Trinajstić information content (AvgIpc) is 2.44. The molecule has 0 spiro atoms. The quantitative estimate of drug-likeness (QED) is 0.620. The molecule has 0 bridgehead atoms. The molecule has 0 aromatic heterocycles. The molecule has 0 amide bonds. The van der Waals surface area contributed by atoms with Crippen molar-refractivity contribution in [3.63, 3.8) is 0 Å². The first kappa shape index (κ1) is 21.2. The van der Waals surface area contributed by atoms with Crippen molar-refractivity contribution in [3.05, 3.63) is 35.9 Å². The van der Waals surface area contributed by atoms with Crippen molar-refractivity contribution in [2.75, 3.05) is 0 Å². The topological polar surface area (TPSA) is 55.4 Å². The number of esters is 1. The summed E-state index contributed by atoms with van der Waals surface area (Å²) in [6.45, 7) is 7.10. The van der Waals surface area contributed by atoms with Crippen molar-refractivity contribution in [3.8, 4) is 0 Å². The molecule has 0 aliphatic rings. The minimum absolute atomic E-state index is 0.614. The molecule has 0 saturated heterocycles. The van der Waals surface area contributed by atoms with Crippen molar-refractivity contribution in [2.24, 2.45) is 5.92 Å². The average molecular weight is 359 g/mol. The number of hydrogen-bond donors (Lipinski definition) is 1. The second-order valence-electron chi connectivity index (χ2n) is 6.94. The molecule has 2 unspecified atom stereocenters. The van der Waals surface area contributed by atoms with Gasteiger partial charge in [-0.3, -0.25) is 14.9 Å². The summed E-state index contributed by atoms with van der Waals surface area (Å²) in [5.41, 5.74) is -0.380. The Hall–Kier alpha value is -1.89. The minimum Gasteiger partial charge on any atom is -0.459 e. The van der Waals surface area contributed by atoms with Gasteiger partial charge in [0.15, 0.2) is 0 Å². The number of ketones is 1. The van der Waals surface area contributed by atoms with Gasteiger partial charge >= 0.3 is 12.1 Å². The molecule has 0 fully saturated rings. The van der Waals surface area contributed by atoms with E-state index < -0.39 is 41.5 Å². The van der Waals surface area contributed by atoms with Crippen LogP contribution in [0, 0.1) is 5.92 Å². The number of carbonyl (C=O) groups is 2. The summed E-state index contributed by atoms with van der Waals surface area (Å²) < 4.78 is 45.8. The molecule has 1 N–H and O–H groups in total. The molecule has 0 radical (unpaired) electrons. The number of halogens is 3. The first-order valence-electron chi connectivity index (χ1n) is 7.94. The van der Waals surface area contributed by atoms with Gasteiger partial charge in [-0.15, -0.1) is 0 Å². The molecule has 0 aliphatic heterocycles. The fourth-order valence-corrected chi connectivity index (χ4v) is 2.39. The summed E-state index contributed by atoms with van der Waals surface area (Å²) in [6, 6.07) is 5.44. The van der Waals surface area contributed by atoms with E-state index in [1.807, 2.05) is 0 Å². The molecule has 1 aromatic rings. The Bertz CT molecular complexity index is 594. The lowest BCUT2D eigenvalue weighted by Gasteiger charge is -2.31. The summed E-state index contributed by atoms with van der Waals surface area (Å²) in [4.78, 5) is 24.1. The van der Waals surface area contributed by atoms with Gasteiger partial charge < -0.3 is 4.74 Å². The van der Waals surface area contributed by atoms with E-state index in [1.54, 1.807) is 37.3 Å². The maximum atomic E-state index is 13.6. The molecular weight excluding hydrogens is 335 g/mol. The van der Waals surface area contributed by atoms with Crippen LogP contribution in [0.1, 0.15) is 46.2 Å². The first-order valence-corrected chi connectivity index (χ1v) is 7.94. The van der Waals surface area contributed by atoms with Gasteiger partial charge in [-0.1, -0.05) is 30.3 Å². The van der Waals surface area contributed by atoms with Crippen molar-refractivity contribution >= 4 is 11.8 Å². The Morgan fingerprint density at radius 2 is 1.60 bits per heavy atom. The van der Waals surface area contributed by atoms with E-state index in [0.717, 1.165) is 6.92 Å². The highest BCUT2D eigenvalue weighted by Crippen LogP contribution is 2.30. The zero-order chi connectivity index (χ0) is 19.4. The molecule has 140 valence electrons. The van der Waals surface area contributed by atoms with E-state index in [4.69, 9.17) is 4.74 Å². The number of benzene rings is 1. The van der Waals surface area contributed by atoms with Gasteiger partial charge in [-0.05, 0) is 40.2 Å². The number of hydrogen-bond acceptors (Lipinski definition) is 4. The molecule has 1 aromatic carbocycles. The highest BCUT2D eigenvalue weighted by atomic mass is 19.4. The SMILES string of the molecule is CC(=O)C(C(=O)OC(C)(C)C)C(N[C@H](C)c1ccccc1)C(F)(F)F. The predicted octanol–water partition coefficient (Wildman–Crippen LogP) is 3.82. The lowest BCUT2D eigenvalue weighted by Crippen LogP contribution is -2.54. The van der Waals surface area contributed by atoms with Crippen LogP contribution in [0.3, 0.4) is 0 Å². The molecule has 25 heavy (non-hydrogen) atoms. The number of carbonyl (C=O) groups excluding carboxylic acids is 2. The highest BCUT2D eigenvalue weighted by molar-refractivity contribution is 5.98. The summed E-state index contributed by atoms with van der Waals surface area (Å²) >= 11 is 0. The van der Waals surface area contributed by atoms with Gasteiger partial charge in [0.25, 0.3) is 0 Å². The number of ether oxygens (including phenoxy) is 1. The number of Topliss-reactive ketones (excluding diaryl/α,β-unsaturated/α-hetero) is 1. The van der Waals surface area contributed by atoms with E-state index in [9.17, 15) is 22.8 Å². The van der Waals surface area contributed by atoms with Crippen LogP contribution in [0.4, 0.5) is 13.2 Å². The Kier molecular flexibility index (Phi) is 6.76. The fourth-order valence-electron chi connectivity index (χ4n) is 2.39. The van der Waals surface area contributed by atoms with E-state index in [0.29, 0.717) is 5.56 Å². The van der Waals surface area contributed by atoms with Gasteiger partial charge in [-0.25, -0.2) is 0 Å². The van der Waals surface area contributed by atoms with Crippen molar-refractivity contribution < 1.29 is 27.5 Å². The van der Waals surface area contributed by atoms with Crippen LogP contribution in [0.25, 0.3) is 0 Å². The summed E-state index contributed by atoms with van der Waals surface area (Å²) in [6.07, 6.45) is -4.80. The standard InChI is InChI=1S/C18H24F3NO3/c1-11(13-9-7-6-8-10-13)22-15(18(19,20)21)14(12(2)23)16(24)25-17(3,4)5/h6-11,14-15,22H,1-5H3/t11-,14?,15?/m1/s1. The Morgan fingerprint density at radius 1 is 1.08 bits per heavy atom. The zero-order valence-corrected chi connectivity index (χ0v) is 15.0. The molecule has 7 heteroatoms. The lowest BCUT2D eigenvalue weighted by atomic mass is 9.93. The Labute approximate surface area is 145 Å². The molecule has 4 nitrogen and oxygen atoms in total. The predicted molar refractivity (Wildman–Crippen MR) is 87.9 cm³/mol. The number of nitrogens with one attached hydrogen (secondary N) is 1. The Balaban J connectivity index is 3.13. The minimum atomic E-state index is -4.80. The fraction of sp³-hybridized carbons (Fsp3) is 0.556. The third-order valence-corrected chi connectivity index (χ3v) is 3.51. The van der Waals surface area contributed by atoms with Gasteiger partial charge in [0.2, 0.25) is 0 Å². The summed E-state index contributed by atoms with van der Waals surface area (Å²) in [7, 11) is 0. The third-order valence-electron chi connectivity index (χ3n) is 3.51. The lowest BCUT2D eigenvalue weighted by molar-refractivity contribution is -0.190. The summed E-state index contributed by atoms with van der Waals surface area (Å²) in [5.74, 6) is -4.05. The van der Waals surface area contributed by atoms with Gasteiger partial charge in [0.1, 0.15) is 23.3 Å². The molecule has 0 aliphatic carbocycles. The number of alkyl halides is 3. The van der Waals surface area contributed by atoms with E-state index >= 15 is 0 Å². The van der Waals surface area contributed by atoms with Crippen LogP contribution >= 0.6 is 0 Å². The van der Waals surface area contributed by atoms with E-state index in [1.165, 1.54) is 20.8 Å². The van der Waals surface area contributed by atoms with Crippen LogP contribution in [0.5, 0.6) is 0 Å². The van der Waals surface area contributed by atoms with Crippen molar-refractivity contribution in [1.29, 1.82) is 0 Å². The Morgan fingerprint density at radius 3 is 2.00 bits per heavy atom. The second kappa shape index (κ2) is 7.99. The first-order chi connectivity index (χ1) is 11.3. The molecular formula is C18H24F3NO3. The van der Waals surface area contributed by atoms with Crippen LogP contribution in [-0.2, 0) is 14.3 Å². The molecule has 1 rings (SSSR count). The van der Waals surface area contributed by atoms with Crippen LogP contribution in [0.15, 0.2) is 30.3 Å². The number of rotatable bonds is 6. The molecule has 3 atom stereocenters. The smallest absolute Gasteiger partial charge is 0.405 e. The van der Waals surface area contributed by atoms with Crippen LogP contribution in [0.2, 0.25) is 0 Å². The second-order valence-corrected chi connectivity index (χ2v) is 6.94. The normalized spacial score (nSPS) is 16.0. The monoisotopic (exact) mass is 359 g/mol. The maximum absolute atomic E-state index is 13.6. The van der Waals surface area contributed by atoms with E-state index in [2.05, 4.69) is 5.32 Å².